The van der Waals surface area contributed by atoms with Crippen molar-refractivity contribution in [2.45, 2.75) is 55.8 Å². The standard InChI is InChI=1S/C35H34F4N6O2/c1-19(36)33(46)45-10-9-43(17-23(45)15-40-2)32-26-13-27(38)29(24-6-3-5-20-11-21-12-25(21)28(20)24)30(39)31(26)41-34(42-32)47-18-35-7-4-8-44(35)16-22(37)14-35/h3,5-6,13,21-23,25H,1,4,7-12,14-18H2/t21-,22+,23-,25+,35-/m0/s1. The van der Waals surface area contributed by atoms with Crippen LogP contribution in [0.25, 0.3) is 26.9 Å². The number of benzene rings is 2. The Labute approximate surface area is 269 Å². The number of carbonyl (C=O) groups excluding carboxylic acids is 1. The van der Waals surface area contributed by atoms with Gasteiger partial charge in [0.05, 0.1) is 11.1 Å². The van der Waals surface area contributed by atoms with E-state index in [2.05, 4.69) is 26.3 Å². The molecule has 244 valence electrons. The van der Waals surface area contributed by atoms with E-state index >= 15 is 8.78 Å². The van der Waals surface area contributed by atoms with Gasteiger partial charge in [0.2, 0.25) is 6.54 Å². The Balaban J connectivity index is 1.22. The summed E-state index contributed by atoms with van der Waals surface area (Å²) >= 11 is 0. The predicted molar refractivity (Wildman–Crippen MR) is 167 cm³/mol. The smallest absolute Gasteiger partial charge is 0.319 e. The molecule has 3 saturated heterocycles. The Hall–Kier alpha value is -4.24. The fourth-order valence-electron chi connectivity index (χ4n) is 8.65. The van der Waals surface area contributed by atoms with Gasteiger partial charge in [0.25, 0.3) is 5.91 Å². The van der Waals surface area contributed by atoms with Crippen LogP contribution in [0.3, 0.4) is 0 Å². The lowest BCUT2D eigenvalue weighted by Crippen LogP contribution is -2.56. The molecule has 8 nitrogen and oxygen atoms in total. The van der Waals surface area contributed by atoms with Gasteiger partial charge in [-0.15, -0.1) is 0 Å². The van der Waals surface area contributed by atoms with Gasteiger partial charge in [-0.1, -0.05) is 24.8 Å². The minimum absolute atomic E-state index is 0.0430. The van der Waals surface area contributed by atoms with Crippen LogP contribution in [-0.4, -0.2) is 89.3 Å². The molecule has 2 aromatic carbocycles. The highest BCUT2D eigenvalue weighted by molar-refractivity contribution is 5.95. The van der Waals surface area contributed by atoms with Crippen molar-refractivity contribution >= 4 is 22.6 Å². The molecule has 2 aliphatic carbocycles. The zero-order valence-corrected chi connectivity index (χ0v) is 25.8. The Morgan fingerprint density at radius 2 is 2.04 bits per heavy atom. The maximum absolute atomic E-state index is 16.8. The van der Waals surface area contributed by atoms with Crippen molar-refractivity contribution in [3.8, 4) is 17.1 Å². The molecule has 0 radical (unpaired) electrons. The van der Waals surface area contributed by atoms with Crippen molar-refractivity contribution in [2.75, 3.05) is 50.8 Å². The number of carbonyl (C=O) groups is 1. The summed E-state index contributed by atoms with van der Waals surface area (Å²) in [5, 5.41) is 0.120. The number of aromatic nitrogens is 2. The van der Waals surface area contributed by atoms with Crippen LogP contribution >= 0.6 is 0 Å². The SMILES string of the molecule is [C-]#[N+]C[C@H]1CN(c2nc(OC[C@@]34CCCN3C[C@H](F)C4)nc3c(F)c(-c4cccc5c4[C@@H]4C[C@@H]4C5)c(F)cc23)CCN1C(=O)C(=C)F. The lowest BCUT2D eigenvalue weighted by Gasteiger charge is -2.39. The number of piperazine rings is 1. The van der Waals surface area contributed by atoms with Gasteiger partial charge in [0, 0.05) is 38.0 Å². The summed E-state index contributed by atoms with van der Waals surface area (Å²) in [4.78, 5) is 30.2. The maximum atomic E-state index is 16.8. The van der Waals surface area contributed by atoms with E-state index in [0.29, 0.717) is 30.4 Å². The second kappa shape index (κ2) is 11.2. The first kappa shape index (κ1) is 30.1. The van der Waals surface area contributed by atoms with Crippen LogP contribution in [0.15, 0.2) is 36.7 Å². The van der Waals surface area contributed by atoms with Crippen LogP contribution in [0, 0.1) is 24.1 Å². The van der Waals surface area contributed by atoms with Crippen molar-refractivity contribution < 1.29 is 27.1 Å². The minimum Gasteiger partial charge on any atom is -0.461 e. The number of halogens is 4. The molecule has 0 N–H and O–H groups in total. The van der Waals surface area contributed by atoms with Crippen molar-refractivity contribution in [3.05, 3.63) is 70.8 Å². The molecule has 0 spiro atoms. The molecule has 4 fully saturated rings. The van der Waals surface area contributed by atoms with Gasteiger partial charge >= 0.3 is 6.01 Å². The van der Waals surface area contributed by atoms with Crippen LogP contribution < -0.4 is 9.64 Å². The molecule has 0 unspecified atom stereocenters. The molecule has 1 amide bonds. The Bertz CT molecular complexity index is 1860. The van der Waals surface area contributed by atoms with E-state index in [1.807, 2.05) is 12.1 Å². The van der Waals surface area contributed by atoms with Gasteiger partial charge < -0.3 is 19.4 Å². The Morgan fingerprint density at radius 3 is 2.85 bits per heavy atom. The second-order valence-electron chi connectivity index (χ2n) is 13.7. The van der Waals surface area contributed by atoms with Gasteiger partial charge in [-0.3, -0.25) is 9.69 Å². The van der Waals surface area contributed by atoms with Crippen LogP contribution in [-0.2, 0) is 11.2 Å². The third-order valence-electron chi connectivity index (χ3n) is 10.9. The number of nitrogens with zero attached hydrogens (tertiary/aromatic N) is 6. The van der Waals surface area contributed by atoms with Crippen molar-refractivity contribution in [3.63, 3.8) is 0 Å². The zero-order valence-electron chi connectivity index (χ0n) is 25.8. The molecular weight excluding hydrogens is 612 g/mol. The van der Waals surface area contributed by atoms with E-state index in [9.17, 15) is 13.6 Å². The fraction of sp³-hybridized carbons (Fsp3) is 0.486. The number of anilines is 1. The molecule has 3 aliphatic heterocycles. The van der Waals surface area contributed by atoms with Gasteiger partial charge in [-0.25, -0.2) is 24.1 Å². The average Bonchev–Trinajstić information content (AvgIpc) is 3.37. The number of rotatable bonds is 7. The summed E-state index contributed by atoms with van der Waals surface area (Å²) in [6.45, 7) is 11.9. The molecule has 1 saturated carbocycles. The number of alkyl halides is 1. The van der Waals surface area contributed by atoms with Crippen LogP contribution in [0.4, 0.5) is 23.4 Å². The lowest BCUT2D eigenvalue weighted by molar-refractivity contribution is -0.131. The number of hydrogen-bond acceptors (Lipinski definition) is 6. The van der Waals surface area contributed by atoms with Gasteiger partial charge in [-0.05, 0) is 66.8 Å². The van der Waals surface area contributed by atoms with Gasteiger partial charge in [0.1, 0.15) is 36.0 Å². The van der Waals surface area contributed by atoms with E-state index < -0.39 is 41.1 Å². The fourth-order valence-corrected chi connectivity index (χ4v) is 8.65. The summed E-state index contributed by atoms with van der Waals surface area (Å²) in [5.74, 6) is -2.58. The normalized spacial score (nSPS) is 27.8. The first-order valence-electron chi connectivity index (χ1n) is 16.2. The van der Waals surface area contributed by atoms with Gasteiger partial charge in [0.15, 0.2) is 11.6 Å². The molecule has 12 heteroatoms. The van der Waals surface area contributed by atoms with E-state index in [1.54, 1.807) is 11.0 Å². The summed E-state index contributed by atoms with van der Waals surface area (Å²) in [7, 11) is 0. The second-order valence-corrected chi connectivity index (χ2v) is 13.7. The molecule has 4 heterocycles. The summed E-state index contributed by atoms with van der Waals surface area (Å²) in [6, 6.07) is 6.03. The Kier molecular flexibility index (Phi) is 7.17. The molecule has 5 aliphatic rings. The summed E-state index contributed by atoms with van der Waals surface area (Å²) in [6.07, 6.45) is 2.95. The highest BCUT2D eigenvalue weighted by atomic mass is 19.1. The van der Waals surface area contributed by atoms with Crippen LogP contribution in [0.2, 0.25) is 0 Å². The molecule has 0 bridgehead atoms. The topological polar surface area (TPSA) is 66.2 Å². The number of amides is 1. The molecule has 5 atom stereocenters. The van der Waals surface area contributed by atoms with E-state index in [0.717, 1.165) is 43.4 Å². The van der Waals surface area contributed by atoms with Crippen molar-refractivity contribution in [1.29, 1.82) is 0 Å². The van der Waals surface area contributed by atoms with Crippen LogP contribution in [0.5, 0.6) is 6.01 Å². The highest BCUT2D eigenvalue weighted by Crippen LogP contribution is 2.59. The molecule has 3 aromatic rings. The quantitative estimate of drug-likeness (QED) is 0.189. The first-order chi connectivity index (χ1) is 22.7. The highest BCUT2D eigenvalue weighted by Gasteiger charge is 2.50. The molecule has 8 rings (SSSR count). The average molecular weight is 647 g/mol. The maximum Gasteiger partial charge on any atom is 0.319 e. The molecular formula is C35H34F4N6O2. The largest absolute Gasteiger partial charge is 0.461 e. The number of ether oxygens (including phenoxy) is 1. The first-order valence-corrected chi connectivity index (χ1v) is 16.2. The number of fused-ring (bicyclic) bond motifs is 5. The predicted octanol–water partition coefficient (Wildman–Crippen LogP) is 5.61. The van der Waals surface area contributed by atoms with Crippen molar-refractivity contribution in [1.82, 2.24) is 19.8 Å². The van der Waals surface area contributed by atoms with Crippen molar-refractivity contribution in [2.24, 2.45) is 5.92 Å². The number of hydrogen-bond donors (Lipinski definition) is 0. The lowest BCUT2D eigenvalue weighted by atomic mass is 9.93. The Morgan fingerprint density at radius 1 is 1.19 bits per heavy atom. The van der Waals surface area contributed by atoms with Gasteiger partial charge in [-0.2, -0.15) is 9.97 Å². The van der Waals surface area contributed by atoms with E-state index in [4.69, 9.17) is 11.3 Å². The molecule has 47 heavy (non-hydrogen) atoms. The van der Waals surface area contributed by atoms with E-state index in [-0.39, 0.29) is 61.1 Å². The third kappa shape index (κ3) is 4.93. The monoisotopic (exact) mass is 646 g/mol. The van der Waals surface area contributed by atoms with E-state index in [1.165, 1.54) is 11.0 Å². The summed E-state index contributed by atoms with van der Waals surface area (Å²) < 4.78 is 67.5. The zero-order chi connectivity index (χ0) is 32.6. The molecule has 1 aromatic heterocycles. The minimum atomic E-state index is -1.12. The van der Waals surface area contributed by atoms with Crippen LogP contribution in [0.1, 0.15) is 42.7 Å². The summed E-state index contributed by atoms with van der Waals surface area (Å²) in [5.41, 5.74) is 1.89. The third-order valence-corrected chi connectivity index (χ3v) is 10.9.